The number of fused-ring (bicyclic) bond motifs is 1. The second kappa shape index (κ2) is 6.92. The summed E-state index contributed by atoms with van der Waals surface area (Å²) in [5, 5.41) is 18.2. The van der Waals surface area contributed by atoms with E-state index in [1.165, 1.54) is 29.0 Å². The average Bonchev–Trinajstić information content (AvgIpc) is 3.29. The number of halogens is 1. The zero-order chi connectivity index (χ0) is 19.0. The average molecular weight is 381 g/mol. The predicted molar refractivity (Wildman–Crippen MR) is 104 cm³/mol. The molecule has 4 aromatic rings. The van der Waals surface area contributed by atoms with Gasteiger partial charge < -0.3 is 5.11 Å². The molecule has 0 aliphatic carbocycles. The van der Waals surface area contributed by atoms with Crippen LogP contribution < -0.4 is 0 Å². The lowest BCUT2D eigenvalue weighted by Gasteiger charge is -2.00. The molecule has 2 N–H and O–H groups in total. The van der Waals surface area contributed by atoms with E-state index in [1.807, 2.05) is 12.1 Å². The molecule has 7 heteroatoms. The molecule has 2 aromatic heterocycles. The number of aromatic carboxylic acids is 1. The number of H-pyrrole nitrogens is 1. The molecule has 0 unspecified atom stereocenters. The first-order valence-corrected chi connectivity index (χ1v) is 9.35. The fourth-order valence-corrected chi connectivity index (χ4v) is 4.02. The third-order valence-electron chi connectivity index (χ3n) is 4.39. The molecule has 0 saturated heterocycles. The zero-order valence-corrected chi connectivity index (χ0v) is 15.3. The van der Waals surface area contributed by atoms with Crippen LogP contribution in [-0.2, 0) is 6.42 Å². The van der Waals surface area contributed by atoms with Gasteiger partial charge in [-0.15, -0.1) is 11.3 Å². The molecule has 2 aromatic carbocycles. The molecule has 2 heterocycles. The lowest BCUT2D eigenvalue weighted by atomic mass is 10.1. The third-order valence-corrected chi connectivity index (χ3v) is 5.45. The van der Waals surface area contributed by atoms with E-state index >= 15 is 0 Å². The Morgan fingerprint density at radius 2 is 2.15 bits per heavy atom. The second-order valence-corrected chi connectivity index (χ2v) is 7.22. The molecule has 27 heavy (non-hydrogen) atoms. The van der Waals surface area contributed by atoms with Gasteiger partial charge in [0, 0.05) is 17.1 Å². The van der Waals surface area contributed by atoms with Crippen LogP contribution in [0.3, 0.4) is 0 Å². The topological polar surface area (TPSA) is 78.9 Å². The molecule has 136 valence electrons. The van der Waals surface area contributed by atoms with E-state index in [9.17, 15) is 9.18 Å². The SMILES string of the molecule is CCCc1cccc2c(-c3cnc(-c4ccc(C(=O)O)c(F)c4)s3)[nH]nc12. The maximum Gasteiger partial charge on any atom is 0.338 e. The summed E-state index contributed by atoms with van der Waals surface area (Å²) in [7, 11) is 0. The minimum absolute atomic E-state index is 0.349. The number of para-hydroxylation sites is 1. The van der Waals surface area contributed by atoms with Gasteiger partial charge in [-0.05, 0) is 24.1 Å². The zero-order valence-electron chi connectivity index (χ0n) is 14.5. The summed E-state index contributed by atoms with van der Waals surface area (Å²) >= 11 is 1.40. The minimum atomic E-state index is -1.29. The standard InChI is InChI=1S/C20H16FN3O2S/c1-2-4-11-5-3-6-14-17(11)23-24-18(14)16-10-22-19(27-16)12-7-8-13(20(25)26)15(21)9-12/h3,5-10H,2,4H2,1H3,(H,23,24)(H,25,26). The molecule has 5 nitrogen and oxygen atoms in total. The smallest absolute Gasteiger partial charge is 0.338 e. The maximum atomic E-state index is 14.0. The minimum Gasteiger partial charge on any atom is -0.478 e. The number of carboxylic acids is 1. The van der Waals surface area contributed by atoms with Crippen LogP contribution >= 0.6 is 11.3 Å². The van der Waals surface area contributed by atoms with E-state index in [-0.39, 0.29) is 5.56 Å². The number of aromatic amines is 1. The molecule has 0 saturated carbocycles. The largest absolute Gasteiger partial charge is 0.478 e. The van der Waals surface area contributed by atoms with Crippen LogP contribution in [0, 0.1) is 5.82 Å². The number of hydrogen-bond acceptors (Lipinski definition) is 4. The van der Waals surface area contributed by atoms with Gasteiger partial charge in [-0.1, -0.05) is 37.6 Å². The summed E-state index contributed by atoms with van der Waals surface area (Å²) in [6, 6.07) is 10.2. The van der Waals surface area contributed by atoms with Crippen LogP contribution in [0.4, 0.5) is 4.39 Å². The number of nitrogens with one attached hydrogen (secondary N) is 1. The highest BCUT2D eigenvalue weighted by Crippen LogP contribution is 2.35. The first-order valence-electron chi connectivity index (χ1n) is 8.54. The molecule has 0 spiro atoms. The van der Waals surface area contributed by atoms with Gasteiger partial charge in [-0.25, -0.2) is 14.2 Å². The van der Waals surface area contributed by atoms with Gasteiger partial charge >= 0.3 is 5.97 Å². The van der Waals surface area contributed by atoms with Crippen molar-refractivity contribution < 1.29 is 14.3 Å². The first kappa shape index (κ1) is 17.4. The van der Waals surface area contributed by atoms with Gasteiger partial charge in [0.1, 0.15) is 10.8 Å². The number of rotatable bonds is 5. The summed E-state index contributed by atoms with van der Waals surface area (Å²) < 4.78 is 14.0. The van der Waals surface area contributed by atoms with Crippen LogP contribution in [0.5, 0.6) is 0 Å². The van der Waals surface area contributed by atoms with Crippen molar-refractivity contribution in [2.75, 3.05) is 0 Å². The molecule has 0 radical (unpaired) electrons. The van der Waals surface area contributed by atoms with Crippen molar-refractivity contribution >= 4 is 28.2 Å². The number of carboxylic acid groups (broad SMARTS) is 1. The lowest BCUT2D eigenvalue weighted by molar-refractivity contribution is 0.0692. The van der Waals surface area contributed by atoms with Crippen molar-refractivity contribution in [3.05, 3.63) is 59.5 Å². The number of benzene rings is 2. The molecule has 4 rings (SSSR count). The second-order valence-electron chi connectivity index (χ2n) is 6.19. The number of carbonyl (C=O) groups is 1. The van der Waals surface area contributed by atoms with E-state index in [1.54, 1.807) is 12.3 Å². The van der Waals surface area contributed by atoms with Crippen molar-refractivity contribution in [2.24, 2.45) is 0 Å². The summed E-state index contributed by atoms with van der Waals surface area (Å²) in [5.41, 5.74) is 3.24. The summed E-state index contributed by atoms with van der Waals surface area (Å²) in [4.78, 5) is 16.2. The van der Waals surface area contributed by atoms with E-state index < -0.39 is 11.8 Å². The third kappa shape index (κ3) is 3.10. The van der Waals surface area contributed by atoms with Gasteiger partial charge in [0.25, 0.3) is 0 Å². The Morgan fingerprint density at radius 1 is 1.30 bits per heavy atom. The highest BCUT2D eigenvalue weighted by atomic mass is 32.1. The van der Waals surface area contributed by atoms with Crippen LogP contribution in [0.25, 0.3) is 32.0 Å². The molecule has 0 atom stereocenters. The Kier molecular flexibility index (Phi) is 4.45. The number of thiazole rings is 1. The summed E-state index contributed by atoms with van der Waals surface area (Å²) in [6.45, 7) is 2.14. The Bertz CT molecular complexity index is 1150. The lowest BCUT2D eigenvalue weighted by Crippen LogP contribution is -2.00. The molecule has 0 fully saturated rings. The van der Waals surface area contributed by atoms with E-state index in [0.717, 1.165) is 34.3 Å². The Morgan fingerprint density at radius 3 is 2.89 bits per heavy atom. The number of aryl methyl sites for hydroxylation is 1. The predicted octanol–water partition coefficient (Wildman–Crippen LogP) is 5.14. The van der Waals surface area contributed by atoms with Crippen LogP contribution in [0.1, 0.15) is 29.3 Å². The molecule has 0 aliphatic rings. The summed E-state index contributed by atoms with van der Waals surface area (Å²) in [5.74, 6) is -2.06. The molecular weight excluding hydrogens is 365 g/mol. The molecule has 0 aliphatic heterocycles. The number of hydrogen-bond donors (Lipinski definition) is 2. The van der Waals surface area contributed by atoms with E-state index in [0.29, 0.717) is 10.6 Å². The number of nitrogens with zero attached hydrogens (tertiary/aromatic N) is 2. The Balaban J connectivity index is 1.73. The van der Waals surface area contributed by atoms with Gasteiger partial charge in [0.05, 0.1) is 21.7 Å². The van der Waals surface area contributed by atoms with Crippen LogP contribution in [-0.4, -0.2) is 26.3 Å². The monoisotopic (exact) mass is 381 g/mol. The van der Waals surface area contributed by atoms with Gasteiger partial charge in [0.15, 0.2) is 0 Å². The van der Waals surface area contributed by atoms with E-state index in [4.69, 9.17) is 5.11 Å². The van der Waals surface area contributed by atoms with Crippen molar-refractivity contribution in [1.82, 2.24) is 15.2 Å². The molecular formula is C20H16FN3O2S. The number of aromatic nitrogens is 3. The highest BCUT2D eigenvalue weighted by molar-refractivity contribution is 7.18. The molecule has 0 amide bonds. The fraction of sp³-hybridized carbons (Fsp3) is 0.150. The molecule has 0 bridgehead atoms. The first-order chi connectivity index (χ1) is 13.1. The highest BCUT2D eigenvalue weighted by Gasteiger charge is 2.16. The normalized spacial score (nSPS) is 11.2. The Labute approximate surface area is 158 Å². The van der Waals surface area contributed by atoms with Gasteiger partial charge in [-0.2, -0.15) is 5.10 Å². The van der Waals surface area contributed by atoms with Crippen molar-refractivity contribution in [1.29, 1.82) is 0 Å². The Hall–Kier alpha value is -3.06. The maximum absolute atomic E-state index is 14.0. The van der Waals surface area contributed by atoms with Gasteiger partial charge in [0.2, 0.25) is 0 Å². The van der Waals surface area contributed by atoms with Gasteiger partial charge in [-0.3, -0.25) is 5.10 Å². The fourth-order valence-electron chi connectivity index (χ4n) is 3.10. The van der Waals surface area contributed by atoms with Crippen molar-refractivity contribution in [2.45, 2.75) is 19.8 Å². The van der Waals surface area contributed by atoms with Crippen LogP contribution in [0.2, 0.25) is 0 Å². The quantitative estimate of drug-likeness (QED) is 0.501. The van der Waals surface area contributed by atoms with Crippen molar-refractivity contribution in [3.63, 3.8) is 0 Å². The summed E-state index contributed by atoms with van der Waals surface area (Å²) in [6.07, 6.45) is 3.73. The van der Waals surface area contributed by atoms with E-state index in [2.05, 4.69) is 28.2 Å². The van der Waals surface area contributed by atoms with Crippen molar-refractivity contribution in [3.8, 4) is 21.1 Å². The van der Waals surface area contributed by atoms with Crippen LogP contribution in [0.15, 0.2) is 42.6 Å².